The summed E-state index contributed by atoms with van der Waals surface area (Å²) in [6.07, 6.45) is 6.14. The van der Waals surface area contributed by atoms with Gasteiger partial charge in [-0.05, 0) is 13.0 Å². The molecule has 0 saturated carbocycles. The van der Waals surface area contributed by atoms with E-state index in [9.17, 15) is 4.79 Å². The predicted molar refractivity (Wildman–Crippen MR) is 51.5 cm³/mol. The minimum Gasteiger partial charge on any atom is -0.463 e. The first-order chi connectivity index (χ1) is 5.83. The fraction of sp³-hybridized carbons (Fsp3) is 0.250. The lowest BCUT2D eigenvalue weighted by Gasteiger charge is -1.92. The fourth-order valence-electron chi connectivity index (χ4n) is 0.706. The van der Waals surface area contributed by atoms with Gasteiger partial charge >= 0.3 is 5.97 Å². The van der Waals surface area contributed by atoms with Crippen LogP contribution in [-0.2, 0) is 9.53 Å². The lowest BCUT2D eigenvalue weighted by Crippen LogP contribution is -1.98. The highest BCUT2D eigenvalue weighted by Gasteiger charge is 1.93. The first-order valence-corrected chi connectivity index (χ1v) is 3.66. The van der Waals surface area contributed by atoms with Crippen molar-refractivity contribution in [2.75, 3.05) is 6.61 Å². The van der Waals surface area contributed by atoms with Crippen LogP contribution in [-0.4, -0.2) is 22.5 Å². The average Bonchev–Trinajstić information content (AvgIpc) is 2.53. The number of esters is 1. The van der Waals surface area contributed by atoms with Crippen molar-refractivity contribution in [1.29, 1.82) is 0 Å². The van der Waals surface area contributed by atoms with Gasteiger partial charge in [0.1, 0.15) is 0 Å². The van der Waals surface area contributed by atoms with E-state index < -0.39 is 0 Å². The Morgan fingerprint density at radius 2 is 2.54 bits per heavy atom. The lowest BCUT2D eigenvalue weighted by molar-refractivity contribution is -0.137. The Morgan fingerprint density at radius 3 is 3.08 bits per heavy atom. The monoisotopic (exact) mass is 202 g/mol. The summed E-state index contributed by atoms with van der Waals surface area (Å²) < 4.78 is 4.68. The van der Waals surface area contributed by atoms with Crippen LogP contribution >= 0.6 is 12.4 Å². The second-order valence-electron chi connectivity index (χ2n) is 2.09. The zero-order valence-electron chi connectivity index (χ0n) is 7.19. The molecule has 0 aliphatic carbocycles. The number of hydrogen-bond acceptors (Lipinski definition) is 3. The van der Waals surface area contributed by atoms with Crippen LogP contribution in [0.3, 0.4) is 0 Å². The van der Waals surface area contributed by atoms with Crippen LogP contribution in [0.4, 0.5) is 0 Å². The SMILES string of the molecule is CCOC(=O)/C=C/c1cnc[nH]1.Cl. The van der Waals surface area contributed by atoms with E-state index in [1.165, 1.54) is 6.08 Å². The van der Waals surface area contributed by atoms with E-state index >= 15 is 0 Å². The van der Waals surface area contributed by atoms with E-state index in [0.717, 1.165) is 5.69 Å². The van der Waals surface area contributed by atoms with Gasteiger partial charge in [0.15, 0.2) is 0 Å². The molecule has 0 unspecified atom stereocenters. The van der Waals surface area contributed by atoms with Gasteiger partial charge in [0.25, 0.3) is 0 Å². The molecule has 0 aliphatic rings. The number of rotatable bonds is 3. The van der Waals surface area contributed by atoms with E-state index in [2.05, 4.69) is 14.7 Å². The number of imidazole rings is 1. The van der Waals surface area contributed by atoms with Crippen LogP contribution in [0.2, 0.25) is 0 Å². The molecule has 1 aromatic heterocycles. The molecular weight excluding hydrogens is 192 g/mol. The minimum absolute atomic E-state index is 0. The number of ether oxygens (including phenoxy) is 1. The molecular formula is C8H11ClN2O2. The summed E-state index contributed by atoms with van der Waals surface area (Å²) >= 11 is 0. The number of nitrogens with one attached hydrogen (secondary N) is 1. The molecule has 1 aromatic rings. The van der Waals surface area contributed by atoms with E-state index in [1.807, 2.05) is 0 Å². The zero-order valence-corrected chi connectivity index (χ0v) is 8.00. The molecule has 0 bridgehead atoms. The van der Waals surface area contributed by atoms with Gasteiger partial charge in [0.2, 0.25) is 0 Å². The number of aromatic nitrogens is 2. The highest BCUT2D eigenvalue weighted by atomic mass is 35.5. The molecule has 1 N–H and O–H groups in total. The first kappa shape index (κ1) is 11.7. The number of carbonyl (C=O) groups is 1. The molecule has 13 heavy (non-hydrogen) atoms. The first-order valence-electron chi connectivity index (χ1n) is 3.66. The van der Waals surface area contributed by atoms with E-state index in [1.54, 1.807) is 25.5 Å². The van der Waals surface area contributed by atoms with Crippen molar-refractivity contribution in [1.82, 2.24) is 9.97 Å². The number of H-pyrrole nitrogens is 1. The molecule has 0 saturated heterocycles. The topological polar surface area (TPSA) is 55.0 Å². The molecule has 0 amide bonds. The molecule has 5 heteroatoms. The Bertz CT molecular complexity index is 270. The minimum atomic E-state index is -0.341. The molecule has 0 aliphatic heterocycles. The molecule has 72 valence electrons. The van der Waals surface area contributed by atoms with Crippen LogP contribution in [0, 0.1) is 0 Å². The Hall–Kier alpha value is -1.29. The normalized spacial score (nSPS) is 9.62. The Balaban J connectivity index is 0.00000144. The Morgan fingerprint density at radius 1 is 1.77 bits per heavy atom. The fourth-order valence-corrected chi connectivity index (χ4v) is 0.706. The third-order valence-electron chi connectivity index (χ3n) is 1.20. The maximum atomic E-state index is 10.8. The number of halogens is 1. The van der Waals surface area contributed by atoms with Crippen molar-refractivity contribution < 1.29 is 9.53 Å². The number of carbonyl (C=O) groups excluding carboxylic acids is 1. The van der Waals surface area contributed by atoms with Gasteiger partial charge in [-0.15, -0.1) is 12.4 Å². The van der Waals surface area contributed by atoms with Crippen LogP contribution in [0.15, 0.2) is 18.6 Å². The van der Waals surface area contributed by atoms with Gasteiger partial charge in [-0.3, -0.25) is 0 Å². The van der Waals surface area contributed by atoms with Crippen LogP contribution in [0.1, 0.15) is 12.6 Å². The standard InChI is InChI=1S/C8H10N2O2.ClH/c1-2-12-8(11)4-3-7-5-9-6-10-7;/h3-6H,2H2,1H3,(H,9,10);1H/b4-3+;. The van der Waals surface area contributed by atoms with Crippen molar-refractivity contribution in [3.8, 4) is 0 Å². The van der Waals surface area contributed by atoms with E-state index in [4.69, 9.17) is 0 Å². The summed E-state index contributed by atoms with van der Waals surface area (Å²) in [7, 11) is 0. The largest absolute Gasteiger partial charge is 0.463 e. The molecule has 0 atom stereocenters. The van der Waals surface area contributed by atoms with E-state index in [-0.39, 0.29) is 18.4 Å². The quantitative estimate of drug-likeness (QED) is 0.596. The average molecular weight is 203 g/mol. The molecule has 1 rings (SSSR count). The van der Waals surface area contributed by atoms with Crippen molar-refractivity contribution in [3.05, 3.63) is 24.3 Å². The van der Waals surface area contributed by atoms with Crippen molar-refractivity contribution in [3.63, 3.8) is 0 Å². The molecule has 0 spiro atoms. The summed E-state index contributed by atoms with van der Waals surface area (Å²) in [6.45, 7) is 2.16. The van der Waals surface area contributed by atoms with Crippen LogP contribution in [0.5, 0.6) is 0 Å². The van der Waals surface area contributed by atoms with Crippen LogP contribution < -0.4 is 0 Å². The number of hydrogen-bond donors (Lipinski definition) is 1. The maximum absolute atomic E-state index is 10.8. The van der Waals surface area contributed by atoms with E-state index in [0.29, 0.717) is 6.61 Å². The van der Waals surface area contributed by atoms with Crippen molar-refractivity contribution >= 4 is 24.5 Å². The highest BCUT2D eigenvalue weighted by molar-refractivity contribution is 5.86. The van der Waals surface area contributed by atoms with Crippen LogP contribution in [0.25, 0.3) is 6.08 Å². The van der Waals surface area contributed by atoms with Gasteiger partial charge in [0, 0.05) is 6.08 Å². The molecule has 1 heterocycles. The number of nitrogens with zero attached hydrogens (tertiary/aromatic N) is 1. The van der Waals surface area contributed by atoms with Crippen molar-refractivity contribution in [2.45, 2.75) is 6.92 Å². The van der Waals surface area contributed by atoms with Gasteiger partial charge in [-0.1, -0.05) is 0 Å². The summed E-state index contributed by atoms with van der Waals surface area (Å²) in [6, 6.07) is 0. The molecule has 0 radical (unpaired) electrons. The summed E-state index contributed by atoms with van der Waals surface area (Å²) in [5.74, 6) is -0.341. The Labute approximate surface area is 82.4 Å². The summed E-state index contributed by atoms with van der Waals surface area (Å²) in [5, 5.41) is 0. The second kappa shape index (κ2) is 6.25. The van der Waals surface area contributed by atoms with Gasteiger partial charge in [0.05, 0.1) is 24.8 Å². The summed E-state index contributed by atoms with van der Waals surface area (Å²) in [5.41, 5.74) is 0.781. The smallest absolute Gasteiger partial charge is 0.330 e. The molecule has 4 nitrogen and oxygen atoms in total. The summed E-state index contributed by atoms with van der Waals surface area (Å²) in [4.78, 5) is 17.4. The third-order valence-corrected chi connectivity index (χ3v) is 1.20. The second-order valence-corrected chi connectivity index (χ2v) is 2.09. The molecule has 0 fully saturated rings. The third kappa shape index (κ3) is 4.32. The number of aromatic amines is 1. The molecule has 0 aromatic carbocycles. The maximum Gasteiger partial charge on any atom is 0.330 e. The Kier molecular flexibility index (Phi) is 5.63. The van der Waals surface area contributed by atoms with Gasteiger partial charge in [-0.2, -0.15) is 0 Å². The van der Waals surface area contributed by atoms with Gasteiger partial charge in [-0.25, -0.2) is 9.78 Å². The van der Waals surface area contributed by atoms with Gasteiger partial charge < -0.3 is 9.72 Å². The van der Waals surface area contributed by atoms with Crippen molar-refractivity contribution in [2.24, 2.45) is 0 Å². The predicted octanol–water partition coefficient (Wildman–Crippen LogP) is 1.41. The lowest BCUT2D eigenvalue weighted by atomic mass is 10.4. The highest BCUT2D eigenvalue weighted by Crippen LogP contribution is 1.94. The zero-order chi connectivity index (χ0) is 8.81.